The van der Waals surface area contributed by atoms with Crippen LogP contribution in [0, 0.1) is 13.8 Å². The molecule has 0 spiro atoms. The molecule has 2 aromatic rings. The summed E-state index contributed by atoms with van der Waals surface area (Å²) in [5.74, 6) is -0.340. The Balaban J connectivity index is 2.27. The van der Waals surface area contributed by atoms with Crippen LogP contribution >= 0.6 is 0 Å². The number of aryl methyl sites for hydroxylation is 2. The smallest absolute Gasteiger partial charge is 0.273 e. The number of likely N-dealkylation sites (N-methyl/N-ethyl adjacent to an activating group) is 1. The molecule has 0 radical (unpaired) electrons. The molecule has 0 bridgehead atoms. The average Bonchev–Trinajstić information content (AvgIpc) is 2.66. The summed E-state index contributed by atoms with van der Waals surface area (Å²) < 4.78 is 0. The van der Waals surface area contributed by atoms with Crippen LogP contribution in [-0.4, -0.2) is 36.5 Å². The van der Waals surface area contributed by atoms with Gasteiger partial charge in [-0.3, -0.25) is 9.78 Å². The van der Waals surface area contributed by atoms with Gasteiger partial charge in [0.25, 0.3) is 5.91 Å². The minimum atomic E-state index is -0.340. The lowest BCUT2D eigenvalue weighted by atomic mass is 9.98. The van der Waals surface area contributed by atoms with Gasteiger partial charge in [0.2, 0.25) is 0 Å². The number of amides is 1. The summed E-state index contributed by atoms with van der Waals surface area (Å²) in [6.45, 7) is 5.96. The Morgan fingerprint density at radius 2 is 2.00 bits per heavy atom. The Labute approximate surface area is 159 Å². The molecule has 27 heavy (non-hydrogen) atoms. The molecule has 1 aromatic carbocycles. The number of rotatable bonds is 7. The molecule has 7 heteroatoms. The molecule has 142 valence electrons. The van der Waals surface area contributed by atoms with Crippen molar-refractivity contribution in [1.82, 2.24) is 10.3 Å². The van der Waals surface area contributed by atoms with E-state index in [0.29, 0.717) is 11.3 Å². The summed E-state index contributed by atoms with van der Waals surface area (Å²) in [5, 5.41) is 10.6. The molecular weight excluding hydrogens is 344 g/mol. The summed E-state index contributed by atoms with van der Waals surface area (Å²) >= 11 is 0. The van der Waals surface area contributed by atoms with Crippen LogP contribution in [0.25, 0.3) is 0 Å². The molecule has 0 fully saturated rings. The highest BCUT2D eigenvalue weighted by Crippen LogP contribution is 2.17. The second-order valence-electron chi connectivity index (χ2n) is 5.97. The summed E-state index contributed by atoms with van der Waals surface area (Å²) in [6.07, 6.45) is 1.74. The van der Waals surface area contributed by atoms with Crippen molar-refractivity contribution in [2.75, 3.05) is 14.2 Å². The van der Waals surface area contributed by atoms with Crippen LogP contribution in [0.15, 0.2) is 46.8 Å². The van der Waals surface area contributed by atoms with Crippen LogP contribution in [0.5, 0.6) is 0 Å². The Hall–Kier alpha value is -3.22. The van der Waals surface area contributed by atoms with E-state index in [4.69, 9.17) is 9.68 Å². The van der Waals surface area contributed by atoms with Crippen molar-refractivity contribution in [1.29, 1.82) is 0 Å². The standard InChI is InChI=1S/C20H24N4O3/c1-13-9-10-22-18(11-13)15(3)23-27-12-17-14(2)7-6-8-16(17)19(24-26-5)20(25)21-4/h6-11H,12H2,1-5H3,(H,21,25)/b23-15+,24-19+. The molecule has 0 aliphatic heterocycles. The quantitative estimate of drug-likeness (QED) is 0.601. The van der Waals surface area contributed by atoms with E-state index >= 15 is 0 Å². The number of carbonyl (C=O) groups excluding carboxylic acids is 1. The maximum absolute atomic E-state index is 12.2. The average molecular weight is 368 g/mol. The fraction of sp³-hybridized carbons (Fsp3) is 0.300. The molecule has 1 heterocycles. The predicted octanol–water partition coefficient (Wildman–Crippen LogP) is 2.74. The SMILES string of the molecule is CNC(=O)/C(=N/OC)c1cccc(C)c1CO/N=C(\C)c1cc(C)ccn1. The number of oxime groups is 2. The first-order chi connectivity index (χ1) is 13.0. The number of nitrogens with one attached hydrogen (secondary N) is 1. The maximum atomic E-state index is 12.2. The van der Waals surface area contributed by atoms with Gasteiger partial charge in [0, 0.05) is 24.4 Å². The summed E-state index contributed by atoms with van der Waals surface area (Å²) in [6, 6.07) is 9.46. The Bertz CT molecular complexity index is 875. The molecule has 1 N–H and O–H groups in total. The van der Waals surface area contributed by atoms with Crippen molar-refractivity contribution in [2.24, 2.45) is 10.3 Å². The highest BCUT2D eigenvalue weighted by molar-refractivity contribution is 6.45. The van der Waals surface area contributed by atoms with Gasteiger partial charge in [0.1, 0.15) is 19.4 Å². The predicted molar refractivity (Wildman–Crippen MR) is 105 cm³/mol. The van der Waals surface area contributed by atoms with Gasteiger partial charge in [0.05, 0.1) is 5.69 Å². The molecule has 0 aliphatic carbocycles. The number of hydrogen-bond donors (Lipinski definition) is 1. The first kappa shape index (κ1) is 20.1. The van der Waals surface area contributed by atoms with Crippen molar-refractivity contribution >= 4 is 17.3 Å². The minimum Gasteiger partial charge on any atom is -0.398 e. The van der Waals surface area contributed by atoms with Crippen molar-refractivity contribution in [3.63, 3.8) is 0 Å². The second-order valence-corrected chi connectivity index (χ2v) is 5.97. The number of nitrogens with zero attached hydrogens (tertiary/aromatic N) is 3. The normalized spacial score (nSPS) is 11.9. The Morgan fingerprint density at radius 1 is 1.22 bits per heavy atom. The van der Waals surface area contributed by atoms with Crippen molar-refractivity contribution in [3.05, 3.63) is 64.5 Å². The largest absolute Gasteiger partial charge is 0.398 e. The van der Waals surface area contributed by atoms with Gasteiger partial charge in [-0.15, -0.1) is 0 Å². The van der Waals surface area contributed by atoms with Gasteiger partial charge in [-0.05, 0) is 44.0 Å². The van der Waals surface area contributed by atoms with Gasteiger partial charge < -0.3 is 15.0 Å². The molecule has 0 saturated carbocycles. The van der Waals surface area contributed by atoms with E-state index in [1.54, 1.807) is 19.3 Å². The number of aromatic nitrogens is 1. The van der Waals surface area contributed by atoms with Crippen LogP contribution in [0.2, 0.25) is 0 Å². The molecule has 0 atom stereocenters. The second kappa shape index (κ2) is 9.47. The fourth-order valence-corrected chi connectivity index (χ4v) is 2.51. The van der Waals surface area contributed by atoms with E-state index in [0.717, 1.165) is 22.4 Å². The summed E-state index contributed by atoms with van der Waals surface area (Å²) in [5.41, 5.74) is 5.12. The van der Waals surface area contributed by atoms with Crippen LogP contribution < -0.4 is 5.32 Å². The lowest BCUT2D eigenvalue weighted by Gasteiger charge is -2.13. The molecule has 0 saturated heterocycles. The topological polar surface area (TPSA) is 85.2 Å². The van der Waals surface area contributed by atoms with Crippen molar-refractivity contribution < 1.29 is 14.5 Å². The third-order valence-electron chi connectivity index (χ3n) is 3.99. The summed E-state index contributed by atoms with van der Waals surface area (Å²) in [7, 11) is 2.94. The van der Waals surface area contributed by atoms with E-state index in [1.165, 1.54) is 7.11 Å². The number of benzene rings is 1. The fourth-order valence-electron chi connectivity index (χ4n) is 2.51. The first-order valence-electron chi connectivity index (χ1n) is 8.49. The number of pyridine rings is 1. The molecule has 7 nitrogen and oxygen atoms in total. The lowest BCUT2D eigenvalue weighted by molar-refractivity contribution is -0.114. The first-order valence-corrected chi connectivity index (χ1v) is 8.49. The van der Waals surface area contributed by atoms with E-state index in [1.807, 2.05) is 45.0 Å². The van der Waals surface area contributed by atoms with E-state index in [2.05, 4.69) is 20.6 Å². The van der Waals surface area contributed by atoms with E-state index in [-0.39, 0.29) is 18.2 Å². The summed E-state index contributed by atoms with van der Waals surface area (Å²) in [4.78, 5) is 26.9. The molecule has 1 aromatic heterocycles. The zero-order chi connectivity index (χ0) is 19.8. The zero-order valence-electron chi connectivity index (χ0n) is 16.2. The zero-order valence-corrected chi connectivity index (χ0v) is 16.2. The van der Waals surface area contributed by atoms with E-state index in [9.17, 15) is 4.79 Å². The van der Waals surface area contributed by atoms with Gasteiger partial charge in [-0.25, -0.2) is 0 Å². The Morgan fingerprint density at radius 3 is 2.67 bits per heavy atom. The molecular formula is C20H24N4O3. The maximum Gasteiger partial charge on any atom is 0.273 e. The van der Waals surface area contributed by atoms with Crippen LogP contribution in [0.1, 0.15) is 34.9 Å². The molecule has 0 unspecified atom stereocenters. The van der Waals surface area contributed by atoms with Crippen LogP contribution in [0.3, 0.4) is 0 Å². The van der Waals surface area contributed by atoms with Crippen LogP contribution in [-0.2, 0) is 21.1 Å². The van der Waals surface area contributed by atoms with Crippen molar-refractivity contribution in [2.45, 2.75) is 27.4 Å². The van der Waals surface area contributed by atoms with Gasteiger partial charge >= 0.3 is 0 Å². The van der Waals surface area contributed by atoms with Crippen LogP contribution in [0.4, 0.5) is 0 Å². The van der Waals surface area contributed by atoms with Gasteiger partial charge in [-0.2, -0.15) is 0 Å². The number of hydrogen-bond acceptors (Lipinski definition) is 6. The van der Waals surface area contributed by atoms with Gasteiger partial charge in [0.15, 0.2) is 5.71 Å². The molecule has 2 rings (SSSR count). The molecule has 1 amide bonds. The number of carbonyl (C=O) groups is 1. The highest BCUT2D eigenvalue weighted by Gasteiger charge is 2.19. The van der Waals surface area contributed by atoms with Gasteiger partial charge in [-0.1, -0.05) is 28.5 Å². The minimum absolute atomic E-state index is 0.184. The third kappa shape index (κ3) is 5.13. The monoisotopic (exact) mass is 368 g/mol. The Kier molecular flexibility index (Phi) is 7.05. The third-order valence-corrected chi connectivity index (χ3v) is 3.99. The highest BCUT2D eigenvalue weighted by atomic mass is 16.6. The molecule has 0 aliphatic rings. The lowest BCUT2D eigenvalue weighted by Crippen LogP contribution is -2.29. The van der Waals surface area contributed by atoms with E-state index < -0.39 is 0 Å². The van der Waals surface area contributed by atoms with Crippen molar-refractivity contribution in [3.8, 4) is 0 Å².